The molecular formula is C18H20N6O4. The maximum atomic E-state index is 12.8. The van der Waals surface area contributed by atoms with Crippen LogP contribution in [0.2, 0.25) is 0 Å². The molecule has 0 saturated heterocycles. The van der Waals surface area contributed by atoms with E-state index in [9.17, 15) is 14.4 Å². The fourth-order valence-corrected chi connectivity index (χ4v) is 2.96. The molecule has 3 N–H and O–H groups in total. The quantitative estimate of drug-likeness (QED) is 0.601. The van der Waals surface area contributed by atoms with Crippen LogP contribution in [0, 0.1) is 6.92 Å². The number of aryl methyl sites for hydroxylation is 2. The zero-order valence-electron chi connectivity index (χ0n) is 15.5. The maximum absolute atomic E-state index is 12.8. The highest BCUT2D eigenvalue weighted by Gasteiger charge is 2.22. The summed E-state index contributed by atoms with van der Waals surface area (Å²) in [7, 11) is 1.78. The Morgan fingerprint density at radius 3 is 2.64 bits per heavy atom. The third-order valence-electron chi connectivity index (χ3n) is 4.21. The van der Waals surface area contributed by atoms with E-state index in [4.69, 9.17) is 10.8 Å². The molecule has 1 aromatic carbocycles. The van der Waals surface area contributed by atoms with E-state index in [2.05, 4.69) is 10.1 Å². The van der Waals surface area contributed by atoms with Crippen molar-refractivity contribution in [3.05, 3.63) is 47.7 Å². The van der Waals surface area contributed by atoms with Crippen LogP contribution in [-0.2, 0) is 29.7 Å². The molecule has 3 aromatic rings. The molecule has 0 radical (unpaired) electrons. The Hall–Kier alpha value is -3.69. The number of primary amides is 1. The number of hydrogen-bond acceptors (Lipinski definition) is 5. The molecule has 2 aromatic heterocycles. The number of aromatic nitrogens is 4. The number of carboxylic acid groups (broad SMARTS) is 1. The Kier molecular flexibility index (Phi) is 5.12. The van der Waals surface area contributed by atoms with Crippen LogP contribution in [0.4, 0.5) is 0 Å². The minimum atomic E-state index is -1.14. The van der Waals surface area contributed by atoms with Crippen molar-refractivity contribution >= 4 is 28.7 Å². The van der Waals surface area contributed by atoms with Gasteiger partial charge < -0.3 is 20.3 Å². The van der Waals surface area contributed by atoms with Gasteiger partial charge in [-0.2, -0.15) is 5.10 Å². The highest BCUT2D eigenvalue weighted by atomic mass is 16.4. The molecule has 2 heterocycles. The van der Waals surface area contributed by atoms with Crippen molar-refractivity contribution < 1.29 is 19.5 Å². The predicted octanol–water partition coefficient (Wildman–Crippen LogP) is 0.291. The van der Waals surface area contributed by atoms with E-state index in [0.717, 1.165) is 5.56 Å². The van der Waals surface area contributed by atoms with Gasteiger partial charge in [-0.1, -0.05) is 11.6 Å². The number of hydrogen-bond donors (Lipinski definition) is 2. The number of aliphatic carboxylic acids is 1. The van der Waals surface area contributed by atoms with Crippen LogP contribution >= 0.6 is 0 Å². The molecule has 10 nitrogen and oxygen atoms in total. The summed E-state index contributed by atoms with van der Waals surface area (Å²) in [6.07, 6.45) is 3.28. The number of imidazole rings is 1. The minimum absolute atomic E-state index is 0.0486. The first-order valence-corrected chi connectivity index (χ1v) is 8.48. The Bertz CT molecular complexity index is 1070. The molecule has 2 amide bonds. The van der Waals surface area contributed by atoms with Crippen LogP contribution < -0.4 is 5.73 Å². The second-order valence-corrected chi connectivity index (χ2v) is 6.57. The first-order chi connectivity index (χ1) is 13.2. The van der Waals surface area contributed by atoms with Crippen LogP contribution in [0.15, 0.2) is 30.7 Å². The fraction of sp³-hybridized carbons (Fsp3) is 0.278. The highest BCUT2D eigenvalue weighted by molar-refractivity contribution is 6.04. The number of nitrogens with zero attached hydrogens (tertiary/aromatic N) is 5. The van der Waals surface area contributed by atoms with Crippen molar-refractivity contribution in [2.75, 3.05) is 6.54 Å². The van der Waals surface area contributed by atoms with Crippen LogP contribution in [-0.4, -0.2) is 53.7 Å². The lowest BCUT2D eigenvalue weighted by Crippen LogP contribution is -2.37. The summed E-state index contributed by atoms with van der Waals surface area (Å²) < 4.78 is 3.08. The summed E-state index contributed by atoms with van der Waals surface area (Å²) in [4.78, 5) is 41.0. The second kappa shape index (κ2) is 7.51. The van der Waals surface area contributed by atoms with Crippen LogP contribution in [0.1, 0.15) is 21.7 Å². The topological polar surface area (TPSA) is 136 Å². The lowest BCUT2D eigenvalue weighted by Gasteiger charge is -2.20. The summed E-state index contributed by atoms with van der Waals surface area (Å²) >= 11 is 0. The molecule has 10 heteroatoms. The third kappa shape index (κ3) is 4.00. The Morgan fingerprint density at radius 1 is 1.29 bits per heavy atom. The first-order valence-electron chi connectivity index (χ1n) is 8.48. The fourth-order valence-electron chi connectivity index (χ4n) is 2.96. The molecule has 3 rings (SSSR count). The molecule has 0 aliphatic carbocycles. The predicted molar refractivity (Wildman–Crippen MR) is 99.2 cm³/mol. The molecule has 0 saturated carbocycles. The summed E-state index contributed by atoms with van der Waals surface area (Å²) in [5.74, 6) is -2.30. The van der Waals surface area contributed by atoms with Crippen LogP contribution in [0.5, 0.6) is 0 Å². The van der Waals surface area contributed by atoms with Gasteiger partial charge in [0.25, 0.3) is 5.91 Å². The first kappa shape index (κ1) is 19.1. The van der Waals surface area contributed by atoms with Gasteiger partial charge in [-0.05, 0) is 19.1 Å². The van der Waals surface area contributed by atoms with Gasteiger partial charge in [0, 0.05) is 18.6 Å². The minimum Gasteiger partial charge on any atom is -0.480 e. The van der Waals surface area contributed by atoms with E-state index in [0.29, 0.717) is 16.6 Å². The van der Waals surface area contributed by atoms with E-state index >= 15 is 0 Å². The number of rotatable bonds is 7. The molecular weight excluding hydrogens is 364 g/mol. The van der Waals surface area contributed by atoms with Gasteiger partial charge in [0.1, 0.15) is 13.1 Å². The molecule has 0 aliphatic rings. The van der Waals surface area contributed by atoms with E-state index in [1.165, 1.54) is 9.58 Å². The van der Waals surface area contributed by atoms with Gasteiger partial charge in [0.05, 0.1) is 24.1 Å². The van der Waals surface area contributed by atoms with Gasteiger partial charge in [-0.3, -0.25) is 19.1 Å². The lowest BCUT2D eigenvalue weighted by molar-refractivity contribution is -0.145. The van der Waals surface area contributed by atoms with Crippen molar-refractivity contribution in [2.24, 2.45) is 12.8 Å². The number of carbonyl (C=O) groups is 3. The monoisotopic (exact) mass is 384 g/mol. The Labute approximate surface area is 160 Å². The van der Waals surface area contributed by atoms with Crippen molar-refractivity contribution in [3.8, 4) is 0 Å². The average molecular weight is 384 g/mol. The summed E-state index contributed by atoms with van der Waals surface area (Å²) in [5.41, 5.74) is 7.53. The van der Waals surface area contributed by atoms with Gasteiger partial charge in [-0.25, -0.2) is 4.98 Å². The summed E-state index contributed by atoms with van der Waals surface area (Å²) in [6, 6.07) is 5.35. The Balaban J connectivity index is 1.90. The summed E-state index contributed by atoms with van der Waals surface area (Å²) in [5, 5.41) is 13.9. The zero-order chi connectivity index (χ0) is 20.4. The molecule has 0 fully saturated rings. The number of carboxylic acids is 1. The van der Waals surface area contributed by atoms with Crippen molar-refractivity contribution in [2.45, 2.75) is 20.0 Å². The molecule has 0 bridgehead atoms. The average Bonchev–Trinajstić information content (AvgIpc) is 3.17. The number of benzene rings is 1. The largest absolute Gasteiger partial charge is 0.480 e. The van der Waals surface area contributed by atoms with Crippen molar-refractivity contribution in [1.29, 1.82) is 0 Å². The second-order valence-electron chi connectivity index (χ2n) is 6.57. The number of carbonyl (C=O) groups excluding carboxylic acids is 2. The van der Waals surface area contributed by atoms with E-state index in [-0.39, 0.29) is 18.8 Å². The van der Waals surface area contributed by atoms with E-state index in [1.54, 1.807) is 36.3 Å². The lowest BCUT2D eigenvalue weighted by atomic mass is 10.1. The van der Waals surface area contributed by atoms with Gasteiger partial charge in [0.15, 0.2) is 5.69 Å². The number of fused-ring (bicyclic) bond motifs is 1. The van der Waals surface area contributed by atoms with Crippen LogP contribution in [0.25, 0.3) is 10.9 Å². The molecule has 0 atom stereocenters. The number of amides is 2. The molecule has 146 valence electrons. The molecule has 0 unspecified atom stereocenters. The van der Waals surface area contributed by atoms with Crippen molar-refractivity contribution in [3.63, 3.8) is 0 Å². The zero-order valence-corrected chi connectivity index (χ0v) is 15.5. The Morgan fingerprint density at radius 2 is 2.04 bits per heavy atom. The SMILES string of the molecule is Cc1ccc2c(c1)c(C(N)=O)nn2CC(=O)N(CC(=O)O)Cc1cn(C)cn1. The molecule has 0 spiro atoms. The van der Waals surface area contributed by atoms with Gasteiger partial charge in [-0.15, -0.1) is 0 Å². The van der Waals surface area contributed by atoms with Crippen LogP contribution in [0.3, 0.4) is 0 Å². The highest BCUT2D eigenvalue weighted by Crippen LogP contribution is 2.20. The van der Waals surface area contributed by atoms with Gasteiger partial charge in [0.2, 0.25) is 5.91 Å². The van der Waals surface area contributed by atoms with E-state index in [1.807, 2.05) is 13.0 Å². The summed E-state index contributed by atoms with van der Waals surface area (Å²) in [6.45, 7) is 1.21. The van der Waals surface area contributed by atoms with E-state index < -0.39 is 24.3 Å². The normalized spacial score (nSPS) is 10.9. The third-order valence-corrected chi connectivity index (χ3v) is 4.21. The molecule has 0 aliphatic heterocycles. The molecule has 28 heavy (non-hydrogen) atoms. The smallest absolute Gasteiger partial charge is 0.323 e. The van der Waals surface area contributed by atoms with Crippen molar-refractivity contribution in [1.82, 2.24) is 24.2 Å². The number of nitrogens with two attached hydrogens (primary N) is 1. The standard InChI is InChI=1S/C18H20N6O4/c1-11-3-4-14-13(5-11)17(18(19)28)21-24(14)8-15(25)23(9-16(26)27)7-12-6-22(2)10-20-12/h3-6,10H,7-9H2,1-2H3,(H2,19,28)(H,26,27). The maximum Gasteiger partial charge on any atom is 0.323 e. The van der Waals surface area contributed by atoms with Gasteiger partial charge >= 0.3 is 5.97 Å².